The quantitative estimate of drug-likeness (QED) is 0.792. The summed E-state index contributed by atoms with van der Waals surface area (Å²) in [5.74, 6) is 2.01. The summed E-state index contributed by atoms with van der Waals surface area (Å²) in [7, 11) is 0. The third-order valence-corrected chi connectivity index (χ3v) is 5.23. The maximum atomic E-state index is 5.64. The predicted molar refractivity (Wildman–Crippen MR) is 76.7 cm³/mol. The first-order valence-electron chi connectivity index (χ1n) is 6.41. The van der Waals surface area contributed by atoms with Crippen LogP contribution in [-0.4, -0.2) is 17.5 Å². The van der Waals surface area contributed by atoms with Crippen LogP contribution in [0, 0.1) is 6.92 Å². The van der Waals surface area contributed by atoms with Gasteiger partial charge in [0.1, 0.15) is 11.5 Å². The van der Waals surface area contributed by atoms with E-state index >= 15 is 0 Å². The number of rotatable bonds is 7. The van der Waals surface area contributed by atoms with E-state index in [0.29, 0.717) is 4.75 Å². The molecule has 0 fully saturated rings. The Labute approximate surface area is 110 Å². The molecule has 0 saturated carbocycles. The maximum Gasteiger partial charge on any atom is 0.120 e. The number of hydrogen-bond acceptors (Lipinski definition) is 3. The van der Waals surface area contributed by atoms with Crippen molar-refractivity contribution in [3.05, 3.63) is 23.7 Å². The van der Waals surface area contributed by atoms with Gasteiger partial charge in [0.15, 0.2) is 0 Å². The van der Waals surface area contributed by atoms with Gasteiger partial charge in [-0.15, -0.1) is 0 Å². The molecule has 1 rings (SSSR count). The van der Waals surface area contributed by atoms with Crippen molar-refractivity contribution in [1.29, 1.82) is 0 Å². The Morgan fingerprint density at radius 1 is 1.35 bits per heavy atom. The van der Waals surface area contributed by atoms with Gasteiger partial charge in [-0.05, 0) is 45.1 Å². The third-order valence-electron chi connectivity index (χ3n) is 3.64. The van der Waals surface area contributed by atoms with Crippen LogP contribution in [0.1, 0.15) is 51.2 Å². The van der Waals surface area contributed by atoms with Crippen LogP contribution >= 0.6 is 11.8 Å². The Kier molecular flexibility index (Phi) is 5.60. The van der Waals surface area contributed by atoms with Gasteiger partial charge < -0.3 is 9.73 Å². The van der Waals surface area contributed by atoms with Gasteiger partial charge in [-0.2, -0.15) is 11.8 Å². The lowest BCUT2D eigenvalue weighted by Crippen LogP contribution is -2.37. The van der Waals surface area contributed by atoms with E-state index in [9.17, 15) is 0 Å². The van der Waals surface area contributed by atoms with Gasteiger partial charge in [0, 0.05) is 11.3 Å². The number of furan rings is 1. The lowest BCUT2D eigenvalue weighted by molar-refractivity contribution is 0.392. The van der Waals surface area contributed by atoms with Crippen molar-refractivity contribution in [2.24, 2.45) is 0 Å². The van der Waals surface area contributed by atoms with E-state index < -0.39 is 0 Å². The molecule has 2 nitrogen and oxygen atoms in total. The van der Waals surface area contributed by atoms with Gasteiger partial charge >= 0.3 is 0 Å². The Morgan fingerprint density at radius 3 is 2.41 bits per heavy atom. The van der Waals surface area contributed by atoms with Crippen LogP contribution in [0.25, 0.3) is 0 Å². The molecule has 1 unspecified atom stereocenters. The van der Waals surface area contributed by atoms with E-state index in [-0.39, 0.29) is 6.04 Å². The average Bonchev–Trinajstić information content (AvgIpc) is 2.78. The molecule has 1 N–H and O–H groups in total. The molecule has 3 heteroatoms. The number of hydrogen-bond donors (Lipinski definition) is 1. The SMILES string of the molecule is CCC(CC)(CNC(C)c1ccc(C)o1)SC. The van der Waals surface area contributed by atoms with E-state index in [1.54, 1.807) is 0 Å². The highest BCUT2D eigenvalue weighted by Crippen LogP contribution is 2.30. The highest BCUT2D eigenvalue weighted by Gasteiger charge is 2.25. The first-order chi connectivity index (χ1) is 8.06. The summed E-state index contributed by atoms with van der Waals surface area (Å²) in [5, 5.41) is 3.59. The van der Waals surface area contributed by atoms with Crippen LogP contribution in [0.3, 0.4) is 0 Å². The van der Waals surface area contributed by atoms with E-state index in [1.165, 1.54) is 12.8 Å². The monoisotopic (exact) mass is 255 g/mol. The van der Waals surface area contributed by atoms with Gasteiger partial charge in [-0.3, -0.25) is 0 Å². The molecule has 0 spiro atoms. The van der Waals surface area contributed by atoms with Crippen molar-refractivity contribution in [3.63, 3.8) is 0 Å². The van der Waals surface area contributed by atoms with Crippen molar-refractivity contribution >= 4 is 11.8 Å². The fraction of sp³-hybridized carbons (Fsp3) is 0.714. The largest absolute Gasteiger partial charge is 0.465 e. The van der Waals surface area contributed by atoms with E-state index in [1.807, 2.05) is 24.8 Å². The van der Waals surface area contributed by atoms with Gasteiger partial charge in [0.05, 0.1) is 6.04 Å². The average molecular weight is 255 g/mol. The van der Waals surface area contributed by atoms with Gasteiger partial charge in [0.25, 0.3) is 0 Å². The topological polar surface area (TPSA) is 25.2 Å². The molecule has 0 aromatic carbocycles. The smallest absolute Gasteiger partial charge is 0.120 e. The van der Waals surface area contributed by atoms with Crippen molar-refractivity contribution < 1.29 is 4.42 Å². The lowest BCUT2D eigenvalue weighted by atomic mass is 10.0. The molecule has 0 saturated heterocycles. The molecule has 1 atom stereocenters. The predicted octanol–water partition coefficient (Wildman–Crippen LogP) is 4.16. The molecule has 1 aromatic rings. The zero-order valence-corrected chi connectivity index (χ0v) is 12.5. The van der Waals surface area contributed by atoms with Crippen LogP contribution in [0.4, 0.5) is 0 Å². The minimum atomic E-state index is 0.285. The highest BCUT2D eigenvalue weighted by molar-refractivity contribution is 8.00. The lowest BCUT2D eigenvalue weighted by Gasteiger charge is -2.31. The van der Waals surface area contributed by atoms with Crippen LogP contribution in [0.15, 0.2) is 16.5 Å². The van der Waals surface area contributed by atoms with Crippen LogP contribution in [-0.2, 0) is 0 Å². The molecule has 0 aliphatic rings. The molecule has 17 heavy (non-hydrogen) atoms. The van der Waals surface area contributed by atoms with Gasteiger partial charge in [-0.1, -0.05) is 13.8 Å². The molecule has 0 amide bonds. The first-order valence-corrected chi connectivity index (χ1v) is 7.64. The summed E-state index contributed by atoms with van der Waals surface area (Å²) < 4.78 is 6.00. The van der Waals surface area contributed by atoms with Crippen molar-refractivity contribution in [3.8, 4) is 0 Å². The second kappa shape index (κ2) is 6.50. The summed E-state index contributed by atoms with van der Waals surface area (Å²) in [5.41, 5.74) is 0. The second-order valence-corrected chi connectivity index (χ2v) is 5.92. The van der Waals surface area contributed by atoms with E-state index in [4.69, 9.17) is 4.42 Å². The molecule has 0 radical (unpaired) electrons. The fourth-order valence-corrected chi connectivity index (χ4v) is 2.79. The maximum absolute atomic E-state index is 5.64. The van der Waals surface area contributed by atoms with Crippen molar-refractivity contribution in [2.45, 2.75) is 51.3 Å². The highest BCUT2D eigenvalue weighted by atomic mass is 32.2. The number of thioether (sulfide) groups is 1. The standard InChI is InChI=1S/C14H25NOS/c1-6-14(7-2,17-5)10-15-12(4)13-9-8-11(3)16-13/h8-9,12,15H,6-7,10H2,1-5H3. The molecular weight excluding hydrogens is 230 g/mol. The molecule has 0 aliphatic carbocycles. The molecule has 98 valence electrons. The Balaban J connectivity index is 2.55. The summed E-state index contributed by atoms with van der Waals surface area (Å²) in [6.07, 6.45) is 4.60. The fourth-order valence-electron chi connectivity index (χ4n) is 1.99. The molecular formula is C14H25NOS. The van der Waals surface area contributed by atoms with Gasteiger partial charge in [-0.25, -0.2) is 0 Å². The second-order valence-electron chi connectivity index (χ2n) is 4.65. The minimum absolute atomic E-state index is 0.285. The van der Waals surface area contributed by atoms with E-state index in [0.717, 1.165) is 18.1 Å². The number of nitrogens with one attached hydrogen (secondary N) is 1. The van der Waals surface area contributed by atoms with Crippen molar-refractivity contribution in [1.82, 2.24) is 5.32 Å². The van der Waals surface area contributed by atoms with Crippen LogP contribution in [0.5, 0.6) is 0 Å². The summed E-state index contributed by atoms with van der Waals surface area (Å²) in [6.45, 7) is 9.71. The Hall–Kier alpha value is -0.410. The zero-order chi connectivity index (χ0) is 12.9. The first kappa shape index (κ1) is 14.7. The minimum Gasteiger partial charge on any atom is -0.465 e. The Bertz CT molecular complexity index is 322. The van der Waals surface area contributed by atoms with Crippen molar-refractivity contribution in [2.75, 3.05) is 12.8 Å². The van der Waals surface area contributed by atoms with Crippen LogP contribution in [0.2, 0.25) is 0 Å². The van der Waals surface area contributed by atoms with Crippen LogP contribution < -0.4 is 5.32 Å². The third kappa shape index (κ3) is 3.78. The van der Waals surface area contributed by atoms with E-state index in [2.05, 4.69) is 38.4 Å². The normalized spacial score (nSPS) is 13.9. The number of aryl methyl sites for hydroxylation is 1. The summed E-state index contributed by atoms with van der Waals surface area (Å²) >= 11 is 1.97. The van der Waals surface area contributed by atoms with Gasteiger partial charge in [0.2, 0.25) is 0 Å². The molecule has 0 bridgehead atoms. The Morgan fingerprint density at radius 2 is 2.00 bits per heavy atom. The molecule has 1 heterocycles. The molecule has 1 aromatic heterocycles. The summed E-state index contributed by atoms with van der Waals surface area (Å²) in [6, 6.07) is 4.37. The zero-order valence-electron chi connectivity index (χ0n) is 11.7. The summed E-state index contributed by atoms with van der Waals surface area (Å²) in [4.78, 5) is 0. The molecule has 0 aliphatic heterocycles.